The molecule has 0 saturated carbocycles. The van der Waals surface area contributed by atoms with Crippen molar-refractivity contribution in [2.75, 3.05) is 13.2 Å². The Morgan fingerprint density at radius 3 is 2.64 bits per heavy atom. The summed E-state index contributed by atoms with van der Waals surface area (Å²) < 4.78 is 9.47. The number of carbonyl (C=O) groups excluding carboxylic acids is 1. The van der Waals surface area contributed by atoms with Gasteiger partial charge in [0.25, 0.3) is 0 Å². The Morgan fingerprint density at radius 2 is 2.07 bits per heavy atom. The van der Waals surface area contributed by atoms with E-state index in [9.17, 15) is 15.0 Å². The summed E-state index contributed by atoms with van der Waals surface area (Å²) >= 11 is 0. The van der Waals surface area contributed by atoms with E-state index in [1.54, 1.807) is 6.92 Å². The first kappa shape index (κ1) is 11.4. The third-order valence-electron chi connectivity index (χ3n) is 2.02. The van der Waals surface area contributed by atoms with Crippen LogP contribution < -0.4 is 0 Å². The lowest BCUT2D eigenvalue weighted by atomic mass is 10.0. The van der Waals surface area contributed by atoms with E-state index in [2.05, 4.69) is 4.74 Å². The first-order valence-electron chi connectivity index (χ1n) is 4.40. The number of esters is 1. The molecule has 4 atom stereocenters. The van der Waals surface area contributed by atoms with Gasteiger partial charge in [0, 0.05) is 0 Å². The Balaban J connectivity index is 2.58. The molecular formula is C8H14O6. The smallest absolute Gasteiger partial charge is 0.338 e. The minimum Gasteiger partial charge on any atom is -0.464 e. The summed E-state index contributed by atoms with van der Waals surface area (Å²) in [6.45, 7) is 1.60. The zero-order valence-electron chi connectivity index (χ0n) is 7.79. The molecule has 0 aromatic carbocycles. The summed E-state index contributed by atoms with van der Waals surface area (Å²) in [5.74, 6) is -0.731. The maximum atomic E-state index is 11.2. The molecule has 1 aliphatic rings. The second kappa shape index (κ2) is 4.70. The summed E-state index contributed by atoms with van der Waals surface area (Å²) in [5, 5.41) is 27.7. The molecule has 6 nitrogen and oxygen atoms in total. The fourth-order valence-electron chi connectivity index (χ4n) is 1.24. The van der Waals surface area contributed by atoms with Crippen LogP contribution in [0.25, 0.3) is 0 Å². The molecule has 0 unspecified atom stereocenters. The predicted octanol–water partition coefficient (Wildman–Crippen LogP) is -1.97. The van der Waals surface area contributed by atoms with Gasteiger partial charge >= 0.3 is 5.97 Å². The summed E-state index contributed by atoms with van der Waals surface area (Å²) in [5.41, 5.74) is 0. The van der Waals surface area contributed by atoms with Gasteiger partial charge in [0.15, 0.2) is 6.10 Å². The average molecular weight is 206 g/mol. The van der Waals surface area contributed by atoms with Crippen LogP contribution in [0.2, 0.25) is 0 Å². The van der Waals surface area contributed by atoms with Crippen molar-refractivity contribution in [1.82, 2.24) is 0 Å². The summed E-state index contributed by atoms with van der Waals surface area (Å²) in [6.07, 6.45) is -5.21. The lowest BCUT2D eigenvalue weighted by molar-refractivity contribution is -0.205. The van der Waals surface area contributed by atoms with E-state index >= 15 is 0 Å². The van der Waals surface area contributed by atoms with E-state index in [-0.39, 0.29) is 13.2 Å². The molecule has 1 rings (SSSR count). The molecule has 1 aliphatic heterocycles. The fourth-order valence-corrected chi connectivity index (χ4v) is 1.24. The molecule has 0 aliphatic carbocycles. The molecule has 82 valence electrons. The van der Waals surface area contributed by atoms with Crippen molar-refractivity contribution in [1.29, 1.82) is 0 Å². The number of carbonyl (C=O) groups is 1. The second-order valence-corrected chi connectivity index (χ2v) is 3.05. The average Bonchev–Trinajstić information content (AvgIpc) is 2.15. The first-order valence-corrected chi connectivity index (χ1v) is 4.40. The fraction of sp³-hybridized carbons (Fsp3) is 0.875. The third-order valence-corrected chi connectivity index (χ3v) is 2.02. The Morgan fingerprint density at radius 1 is 1.43 bits per heavy atom. The molecule has 14 heavy (non-hydrogen) atoms. The van der Waals surface area contributed by atoms with Gasteiger partial charge in [-0.3, -0.25) is 0 Å². The molecular weight excluding hydrogens is 192 g/mol. The summed E-state index contributed by atoms with van der Waals surface area (Å²) in [7, 11) is 0. The Bertz CT molecular complexity index is 206. The molecule has 3 N–H and O–H groups in total. The Labute approximate surface area is 81.1 Å². The first-order chi connectivity index (χ1) is 6.57. The van der Waals surface area contributed by atoms with Crippen LogP contribution in [-0.2, 0) is 14.3 Å². The van der Waals surface area contributed by atoms with E-state index in [1.165, 1.54) is 0 Å². The number of aliphatic hydroxyl groups excluding tert-OH is 3. The lowest BCUT2D eigenvalue weighted by Gasteiger charge is -2.33. The standard InChI is InChI=1S/C8H14O6/c1-2-13-8(12)7-6(11)5(10)4(9)3-14-7/h4-7,9-11H,2-3H2,1H3/t4-,5-,6+,7+/m1/s1. The van der Waals surface area contributed by atoms with E-state index < -0.39 is 30.4 Å². The van der Waals surface area contributed by atoms with Gasteiger partial charge in [-0.15, -0.1) is 0 Å². The molecule has 0 radical (unpaired) electrons. The quantitative estimate of drug-likeness (QED) is 0.454. The van der Waals surface area contributed by atoms with Gasteiger partial charge in [0.1, 0.15) is 18.3 Å². The van der Waals surface area contributed by atoms with Crippen molar-refractivity contribution in [2.45, 2.75) is 31.3 Å². The highest BCUT2D eigenvalue weighted by Crippen LogP contribution is 2.16. The zero-order valence-corrected chi connectivity index (χ0v) is 7.79. The lowest BCUT2D eigenvalue weighted by Crippen LogP contribution is -2.55. The second-order valence-electron chi connectivity index (χ2n) is 3.05. The molecule has 0 bridgehead atoms. The van der Waals surface area contributed by atoms with Gasteiger partial charge in [-0.05, 0) is 6.92 Å². The van der Waals surface area contributed by atoms with Crippen LogP contribution in [0.4, 0.5) is 0 Å². The highest BCUT2D eigenvalue weighted by molar-refractivity contribution is 5.75. The predicted molar refractivity (Wildman–Crippen MR) is 44.4 cm³/mol. The Kier molecular flexibility index (Phi) is 3.82. The Hall–Kier alpha value is -0.690. The van der Waals surface area contributed by atoms with Crippen LogP contribution in [0.5, 0.6) is 0 Å². The van der Waals surface area contributed by atoms with Crippen LogP contribution >= 0.6 is 0 Å². The molecule has 6 heteroatoms. The molecule has 0 aromatic heterocycles. The van der Waals surface area contributed by atoms with Gasteiger partial charge in [-0.25, -0.2) is 4.79 Å². The van der Waals surface area contributed by atoms with Crippen LogP contribution in [0.3, 0.4) is 0 Å². The molecule has 0 amide bonds. The topological polar surface area (TPSA) is 96.2 Å². The van der Waals surface area contributed by atoms with E-state index in [1.807, 2.05) is 0 Å². The van der Waals surface area contributed by atoms with Crippen molar-refractivity contribution in [3.8, 4) is 0 Å². The maximum Gasteiger partial charge on any atom is 0.338 e. The molecule has 1 saturated heterocycles. The number of ether oxygens (including phenoxy) is 2. The number of hydrogen-bond donors (Lipinski definition) is 3. The van der Waals surface area contributed by atoms with Crippen LogP contribution in [0.15, 0.2) is 0 Å². The largest absolute Gasteiger partial charge is 0.464 e. The van der Waals surface area contributed by atoms with Crippen molar-refractivity contribution in [3.05, 3.63) is 0 Å². The number of hydrogen-bond acceptors (Lipinski definition) is 6. The minimum absolute atomic E-state index is 0.171. The summed E-state index contributed by atoms with van der Waals surface area (Å²) in [6, 6.07) is 0. The van der Waals surface area contributed by atoms with E-state index in [0.29, 0.717) is 0 Å². The van der Waals surface area contributed by atoms with Gasteiger partial charge in [0.2, 0.25) is 0 Å². The molecule has 1 fully saturated rings. The molecule has 1 heterocycles. The van der Waals surface area contributed by atoms with Gasteiger partial charge in [-0.1, -0.05) is 0 Å². The van der Waals surface area contributed by atoms with E-state index in [0.717, 1.165) is 0 Å². The van der Waals surface area contributed by atoms with Crippen LogP contribution in [0.1, 0.15) is 6.92 Å². The van der Waals surface area contributed by atoms with Gasteiger partial charge in [0.05, 0.1) is 13.2 Å². The van der Waals surface area contributed by atoms with Crippen molar-refractivity contribution in [3.63, 3.8) is 0 Å². The monoisotopic (exact) mass is 206 g/mol. The number of rotatable bonds is 2. The SMILES string of the molecule is CCOC(=O)[C@H]1OC[C@@H](O)[C@@H](O)[C@@H]1O. The van der Waals surface area contributed by atoms with Crippen molar-refractivity contribution >= 4 is 5.97 Å². The highest BCUT2D eigenvalue weighted by atomic mass is 16.6. The minimum atomic E-state index is -1.45. The van der Waals surface area contributed by atoms with Gasteiger partial charge < -0.3 is 24.8 Å². The van der Waals surface area contributed by atoms with Crippen molar-refractivity contribution < 1.29 is 29.6 Å². The summed E-state index contributed by atoms with van der Waals surface area (Å²) in [4.78, 5) is 11.2. The molecule has 0 spiro atoms. The third kappa shape index (κ3) is 2.21. The maximum absolute atomic E-state index is 11.2. The van der Waals surface area contributed by atoms with Gasteiger partial charge in [-0.2, -0.15) is 0 Å². The van der Waals surface area contributed by atoms with Crippen molar-refractivity contribution in [2.24, 2.45) is 0 Å². The van der Waals surface area contributed by atoms with Crippen LogP contribution in [-0.4, -0.2) is 58.9 Å². The normalized spacial score (nSPS) is 38.0. The molecule has 0 aromatic rings. The highest BCUT2D eigenvalue weighted by Gasteiger charge is 2.42. The zero-order chi connectivity index (χ0) is 10.7. The number of aliphatic hydroxyl groups is 3. The van der Waals surface area contributed by atoms with E-state index in [4.69, 9.17) is 9.84 Å². The van der Waals surface area contributed by atoms with Crippen LogP contribution in [0, 0.1) is 0 Å².